The molecule has 0 aromatic rings. The summed E-state index contributed by atoms with van der Waals surface area (Å²) in [6.07, 6.45) is 3.00. The summed E-state index contributed by atoms with van der Waals surface area (Å²) in [6, 6.07) is 0.113. The van der Waals surface area contributed by atoms with E-state index in [0.29, 0.717) is 17.6 Å². The van der Waals surface area contributed by atoms with Crippen molar-refractivity contribution < 1.29 is 4.79 Å². The third-order valence-corrected chi connectivity index (χ3v) is 4.37. The van der Waals surface area contributed by atoms with Gasteiger partial charge >= 0.3 is 0 Å². The highest BCUT2D eigenvalue weighted by molar-refractivity contribution is 7.99. The smallest absolute Gasteiger partial charge is 0.224 e. The lowest BCUT2D eigenvalue weighted by Gasteiger charge is -2.31. The first-order chi connectivity index (χ1) is 7.16. The van der Waals surface area contributed by atoms with E-state index in [1.807, 2.05) is 16.7 Å². The molecule has 0 bridgehead atoms. The Morgan fingerprint density at radius 2 is 2.33 bits per heavy atom. The predicted molar refractivity (Wildman–Crippen MR) is 63.8 cm³/mol. The second-order valence-corrected chi connectivity index (χ2v) is 6.27. The van der Waals surface area contributed by atoms with Crippen molar-refractivity contribution in [2.24, 2.45) is 11.7 Å². The van der Waals surface area contributed by atoms with Crippen molar-refractivity contribution in [3.63, 3.8) is 0 Å². The van der Waals surface area contributed by atoms with Gasteiger partial charge in [0, 0.05) is 36.6 Å². The molecule has 1 amide bonds. The Bertz CT molecular complexity index is 243. The van der Waals surface area contributed by atoms with Gasteiger partial charge in [0.1, 0.15) is 0 Å². The number of nitrogens with zero attached hydrogens (tertiary/aromatic N) is 1. The Balaban J connectivity index is 1.78. The first kappa shape index (κ1) is 11.3. The van der Waals surface area contributed by atoms with Crippen LogP contribution in [0.2, 0.25) is 0 Å². The van der Waals surface area contributed by atoms with E-state index in [9.17, 15) is 4.79 Å². The van der Waals surface area contributed by atoms with E-state index in [-0.39, 0.29) is 11.9 Å². The molecule has 1 aliphatic heterocycles. The minimum Gasteiger partial charge on any atom is -0.341 e. The highest BCUT2D eigenvalue weighted by Gasteiger charge is 2.31. The van der Waals surface area contributed by atoms with Crippen LogP contribution in [0, 0.1) is 5.92 Å². The largest absolute Gasteiger partial charge is 0.341 e. The van der Waals surface area contributed by atoms with Crippen LogP contribution in [0.25, 0.3) is 0 Å². The molecule has 0 aromatic heterocycles. The van der Waals surface area contributed by atoms with Gasteiger partial charge in [0.2, 0.25) is 5.91 Å². The number of amides is 1. The lowest BCUT2D eigenvalue weighted by atomic mass is 10.1. The predicted octanol–water partition coefficient (Wildman–Crippen LogP) is 1.08. The Labute approximate surface area is 95.8 Å². The van der Waals surface area contributed by atoms with Crippen molar-refractivity contribution in [1.82, 2.24) is 4.90 Å². The highest BCUT2D eigenvalue weighted by atomic mass is 32.2. The average Bonchev–Trinajstić information content (AvgIpc) is 3.00. The summed E-state index contributed by atoms with van der Waals surface area (Å²) in [5.74, 6) is 1.97. The molecule has 1 saturated heterocycles. The molecule has 2 atom stereocenters. The third-order valence-electron chi connectivity index (χ3n) is 3.23. The molecule has 2 rings (SSSR count). The molecule has 4 heteroatoms. The molecular formula is C11H20N2OS. The second kappa shape index (κ2) is 4.74. The zero-order chi connectivity index (χ0) is 10.8. The van der Waals surface area contributed by atoms with E-state index in [4.69, 9.17) is 5.73 Å². The van der Waals surface area contributed by atoms with Crippen LogP contribution in [-0.2, 0) is 4.79 Å². The molecule has 2 aliphatic rings. The molecule has 0 radical (unpaired) electrons. The Hall–Kier alpha value is -0.220. The van der Waals surface area contributed by atoms with Crippen LogP contribution in [0.15, 0.2) is 0 Å². The molecule has 1 saturated carbocycles. The van der Waals surface area contributed by atoms with Gasteiger partial charge in [-0.05, 0) is 18.8 Å². The van der Waals surface area contributed by atoms with Crippen LogP contribution in [0.3, 0.4) is 0 Å². The van der Waals surface area contributed by atoms with Crippen molar-refractivity contribution in [2.75, 3.05) is 18.8 Å². The molecule has 2 unspecified atom stereocenters. The monoisotopic (exact) mass is 228 g/mol. The van der Waals surface area contributed by atoms with Gasteiger partial charge < -0.3 is 10.6 Å². The van der Waals surface area contributed by atoms with E-state index in [0.717, 1.165) is 18.8 Å². The quantitative estimate of drug-likeness (QED) is 0.786. The van der Waals surface area contributed by atoms with Crippen molar-refractivity contribution >= 4 is 17.7 Å². The van der Waals surface area contributed by atoms with Crippen LogP contribution < -0.4 is 5.73 Å². The average molecular weight is 228 g/mol. The van der Waals surface area contributed by atoms with Crippen molar-refractivity contribution in [3.8, 4) is 0 Å². The fraction of sp³-hybridized carbons (Fsp3) is 0.909. The lowest BCUT2D eigenvalue weighted by Crippen LogP contribution is -2.43. The molecule has 1 heterocycles. The molecule has 0 spiro atoms. The second-order valence-electron chi connectivity index (χ2n) is 4.73. The molecule has 2 fully saturated rings. The fourth-order valence-corrected chi connectivity index (χ4v) is 3.08. The molecule has 2 N–H and O–H groups in total. The summed E-state index contributed by atoms with van der Waals surface area (Å²) in [5.41, 5.74) is 5.97. The number of carbonyl (C=O) groups excluding carboxylic acids is 1. The maximum Gasteiger partial charge on any atom is 0.224 e. The van der Waals surface area contributed by atoms with Crippen LogP contribution in [-0.4, -0.2) is 40.9 Å². The number of hydrogen-bond donors (Lipinski definition) is 1. The first-order valence-electron chi connectivity index (χ1n) is 5.82. The Kier molecular flexibility index (Phi) is 3.57. The standard InChI is InChI=1S/C11H20N2OS/c1-8-7-13(4-5-15-8)11(14)6-10(12)9-2-3-9/h8-10H,2-7,12H2,1H3. The van der Waals surface area contributed by atoms with Gasteiger partial charge in [-0.15, -0.1) is 0 Å². The first-order valence-corrected chi connectivity index (χ1v) is 6.86. The van der Waals surface area contributed by atoms with E-state index < -0.39 is 0 Å². The number of nitrogens with two attached hydrogens (primary N) is 1. The van der Waals surface area contributed by atoms with E-state index in [1.165, 1.54) is 12.8 Å². The fourth-order valence-electron chi connectivity index (χ4n) is 2.07. The maximum absolute atomic E-state index is 11.9. The van der Waals surface area contributed by atoms with Gasteiger partial charge in [0.15, 0.2) is 0 Å². The van der Waals surface area contributed by atoms with Gasteiger partial charge in [-0.2, -0.15) is 11.8 Å². The molecule has 1 aliphatic carbocycles. The molecular weight excluding hydrogens is 208 g/mol. The number of hydrogen-bond acceptors (Lipinski definition) is 3. The molecule has 3 nitrogen and oxygen atoms in total. The van der Waals surface area contributed by atoms with E-state index in [1.54, 1.807) is 0 Å². The van der Waals surface area contributed by atoms with Gasteiger partial charge in [0.05, 0.1) is 0 Å². The number of carbonyl (C=O) groups is 1. The van der Waals surface area contributed by atoms with Crippen LogP contribution in [0.4, 0.5) is 0 Å². The highest BCUT2D eigenvalue weighted by Crippen LogP contribution is 2.33. The lowest BCUT2D eigenvalue weighted by molar-refractivity contribution is -0.131. The summed E-state index contributed by atoms with van der Waals surface area (Å²) >= 11 is 1.95. The summed E-state index contributed by atoms with van der Waals surface area (Å²) in [4.78, 5) is 13.9. The van der Waals surface area contributed by atoms with Gasteiger partial charge in [0.25, 0.3) is 0 Å². The maximum atomic E-state index is 11.9. The van der Waals surface area contributed by atoms with Gasteiger partial charge in [-0.25, -0.2) is 0 Å². The van der Waals surface area contributed by atoms with Crippen molar-refractivity contribution in [2.45, 2.75) is 37.5 Å². The molecule has 86 valence electrons. The van der Waals surface area contributed by atoms with Gasteiger partial charge in [-0.1, -0.05) is 6.92 Å². The van der Waals surface area contributed by atoms with Gasteiger partial charge in [-0.3, -0.25) is 4.79 Å². The SMILES string of the molecule is CC1CN(C(=O)CC(N)C2CC2)CCS1. The zero-order valence-corrected chi connectivity index (χ0v) is 10.1. The summed E-state index contributed by atoms with van der Waals surface area (Å²) in [7, 11) is 0. The van der Waals surface area contributed by atoms with Crippen LogP contribution in [0.1, 0.15) is 26.2 Å². The Morgan fingerprint density at radius 3 is 2.93 bits per heavy atom. The minimum absolute atomic E-state index is 0.113. The zero-order valence-electron chi connectivity index (χ0n) is 9.32. The number of rotatable bonds is 3. The molecule has 0 aromatic carbocycles. The normalized spacial score (nSPS) is 28.9. The third kappa shape index (κ3) is 3.11. The summed E-state index contributed by atoms with van der Waals surface area (Å²) in [6.45, 7) is 4.00. The van der Waals surface area contributed by atoms with Crippen molar-refractivity contribution in [1.29, 1.82) is 0 Å². The summed E-state index contributed by atoms with van der Waals surface area (Å²) < 4.78 is 0. The van der Waals surface area contributed by atoms with E-state index in [2.05, 4.69) is 6.92 Å². The summed E-state index contributed by atoms with van der Waals surface area (Å²) in [5, 5.41) is 0.583. The topological polar surface area (TPSA) is 46.3 Å². The molecule has 15 heavy (non-hydrogen) atoms. The number of thioether (sulfide) groups is 1. The minimum atomic E-state index is 0.113. The van der Waals surface area contributed by atoms with Crippen LogP contribution in [0.5, 0.6) is 0 Å². The van der Waals surface area contributed by atoms with Crippen LogP contribution >= 0.6 is 11.8 Å². The Morgan fingerprint density at radius 1 is 1.60 bits per heavy atom. The van der Waals surface area contributed by atoms with Crippen molar-refractivity contribution in [3.05, 3.63) is 0 Å². The van der Waals surface area contributed by atoms with E-state index >= 15 is 0 Å².